The average molecular weight is 340 g/mol. The number of nitrogens with one attached hydrogen (secondary N) is 2. The third-order valence-electron chi connectivity index (χ3n) is 4.81. The van der Waals surface area contributed by atoms with Gasteiger partial charge in [0.2, 0.25) is 5.91 Å². The smallest absolute Gasteiger partial charge is 0.312 e. The van der Waals surface area contributed by atoms with Crippen LogP contribution in [0.3, 0.4) is 0 Å². The van der Waals surface area contributed by atoms with Gasteiger partial charge in [-0.25, -0.2) is 14.8 Å². The summed E-state index contributed by atoms with van der Waals surface area (Å²) in [5, 5.41) is 5.77. The van der Waals surface area contributed by atoms with Gasteiger partial charge < -0.3 is 9.88 Å². The summed E-state index contributed by atoms with van der Waals surface area (Å²) in [5.74, 6) is 1.07. The summed E-state index contributed by atoms with van der Waals surface area (Å²) in [6.07, 6.45) is 1.92. The van der Waals surface area contributed by atoms with Crippen LogP contribution in [0.4, 0.5) is 10.6 Å². The Labute approximate surface area is 145 Å². The van der Waals surface area contributed by atoms with Gasteiger partial charge in [0.25, 0.3) is 0 Å². The number of hydrogen-bond acceptors (Lipinski definition) is 5. The molecule has 4 heterocycles. The lowest BCUT2D eigenvalue weighted by molar-refractivity contribution is -0.120. The Morgan fingerprint density at radius 2 is 2.04 bits per heavy atom. The second-order valence-electron chi connectivity index (χ2n) is 6.94. The molecule has 8 heteroatoms. The lowest BCUT2D eigenvalue weighted by Gasteiger charge is -2.26. The van der Waals surface area contributed by atoms with E-state index in [1.54, 1.807) is 6.20 Å². The molecule has 0 saturated carbocycles. The van der Waals surface area contributed by atoms with E-state index in [2.05, 4.69) is 35.5 Å². The van der Waals surface area contributed by atoms with Crippen molar-refractivity contribution in [3.63, 3.8) is 0 Å². The second-order valence-corrected chi connectivity index (χ2v) is 6.94. The van der Waals surface area contributed by atoms with Gasteiger partial charge in [0.1, 0.15) is 11.5 Å². The molecule has 0 bridgehead atoms. The average Bonchev–Trinajstić information content (AvgIpc) is 3.08. The molecular weight excluding hydrogens is 320 g/mol. The van der Waals surface area contributed by atoms with Gasteiger partial charge in [-0.05, 0) is 25.5 Å². The van der Waals surface area contributed by atoms with Crippen LogP contribution in [0, 0.1) is 0 Å². The molecule has 2 aromatic heterocycles. The predicted molar refractivity (Wildman–Crippen MR) is 91.8 cm³/mol. The van der Waals surface area contributed by atoms with Crippen molar-refractivity contribution >= 4 is 17.8 Å². The summed E-state index contributed by atoms with van der Waals surface area (Å²) in [4.78, 5) is 34.2. The van der Waals surface area contributed by atoms with Gasteiger partial charge in [-0.3, -0.25) is 15.0 Å². The Kier molecular flexibility index (Phi) is 3.40. The highest BCUT2D eigenvalue weighted by Gasteiger charge is 2.32. The summed E-state index contributed by atoms with van der Waals surface area (Å²) in [5.41, 5.74) is 2.80. The van der Waals surface area contributed by atoms with Crippen LogP contribution in [-0.2, 0) is 23.9 Å². The molecule has 130 valence electrons. The van der Waals surface area contributed by atoms with Crippen molar-refractivity contribution in [1.29, 1.82) is 0 Å². The number of imide groups is 1. The Bertz CT molecular complexity index is 885. The van der Waals surface area contributed by atoms with Crippen molar-refractivity contribution in [3.05, 3.63) is 29.6 Å². The van der Waals surface area contributed by atoms with E-state index in [1.165, 1.54) is 10.5 Å². The fourth-order valence-corrected chi connectivity index (χ4v) is 3.37. The molecule has 0 unspecified atom stereocenters. The van der Waals surface area contributed by atoms with Crippen LogP contribution < -0.4 is 15.5 Å². The van der Waals surface area contributed by atoms with E-state index in [-0.39, 0.29) is 17.9 Å². The number of aromatic nitrogens is 3. The summed E-state index contributed by atoms with van der Waals surface area (Å²) < 4.78 is 1.83. The van der Waals surface area contributed by atoms with E-state index in [0.717, 1.165) is 17.9 Å². The molecule has 4 rings (SSSR count). The maximum atomic E-state index is 12.1. The van der Waals surface area contributed by atoms with Crippen molar-refractivity contribution in [1.82, 2.24) is 25.2 Å². The van der Waals surface area contributed by atoms with Gasteiger partial charge in [0, 0.05) is 26.6 Å². The van der Waals surface area contributed by atoms with Crippen LogP contribution in [0.1, 0.15) is 31.5 Å². The minimum absolute atomic E-state index is 0.174. The molecule has 0 aromatic carbocycles. The predicted octanol–water partition coefficient (Wildman–Crippen LogP) is 1.27. The number of hydrogen-bond donors (Lipinski definition) is 2. The lowest BCUT2D eigenvalue weighted by Crippen LogP contribution is -2.50. The van der Waals surface area contributed by atoms with E-state index >= 15 is 0 Å². The highest BCUT2D eigenvalue weighted by atomic mass is 16.2. The Balaban J connectivity index is 1.71. The summed E-state index contributed by atoms with van der Waals surface area (Å²) in [7, 11) is 1.85. The maximum Gasteiger partial charge on any atom is 0.329 e. The minimum Gasteiger partial charge on any atom is -0.312 e. The molecule has 25 heavy (non-hydrogen) atoms. The van der Waals surface area contributed by atoms with Crippen LogP contribution >= 0.6 is 0 Å². The number of urea groups is 1. The number of carbonyl (C=O) groups is 2. The fourth-order valence-electron chi connectivity index (χ4n) is 3.37. The zero-order chi connectivity index (χ0) is 17.8. The monoisotopic (exact) mass is 340 g/mol. The number of amides is 3. The van der Waals surface area contributed by atoms with E-state index in [9.17, 15) is 9.59 Å². The van der Waals surface area contributed by atoms with E-state index in [1.807, 2.05) is 17.7 Å². The van der Waals surface area contributed by atoms with E-state index < -0.39 is 6.03 Å². The molecule has 0 radical (unpaired) electrons. The first-order valence-corrected chi connectivity index (χ1v) is 8.26. The topological polar surface area (TPSA) is 92.2 Å². The van der Waals surface area contributed by atoms with Gasteiger partial charge in [-0.15, -0.1) is 0 Å². The third kappa shape index (κ3) is 2.49. The molecule has 8 nitrogen and oxygen atoms in total. The zero-order valence-electron chi connectivity index (χ0n) is 14.5. The third-order valence-corrected chi connectivity index (χ3v) is 4.81. The first-order chi connectivity index (χ1) is 11.9. The summed E-state index contributed by atoms with van der Waals surface area (Å²) >= 11 is 0. The molecule has 0 spiro atoms. The van der Waals surface area contributed by atoms with Crippen molar-refractivity contribution in [3.8, 4) is 11.5 Å². The van der Waals surface area contributed by atoms with Gasteiger partial charge in [-0.1, -0.05) is 6.07 Å². The molecule has 1 saturated heterocycles. The summed E-state index contributed by atoms with van der Waals surface area (Å²) in [6, 6.07) is 3.60. The van der Waals surface area contributed by atoms with Crippen molar-refractivity contribution in [2.45, 2.75) is 32.4 Å². The summed E-state index contributed by atoms with van der Waals surface area (Å²) in [6.45, 7) is 5.37. The van der Waals surface area contributed by atoms with Crippen molar-refractivity contribution in [2.75, 3.05) is 11.4 Å². The van der Waals surface area contributed by atoms with Gasteiger partial charge in [-0.2, -0.15) is 0 Å². The molecule has 0 aliphatic carbocycles. The standard InChI is InChI=1S/C17H20N6O2/c1-17(2)14-10(8-19-17)4-5-11(20-14)15-18-9-13(22(15)3)23-7-6-12(24)21-16(23)25/h4-5,9,19H,6-8H2,1-3H3,(H,21,24,25). The Hall–Kier alpha value is -2.74. The van der Waals surface area contributed by atoms with Gasteiger partial charge in [0.15, 0.2) is 5.82 Å². The molecule has 2 N–H and O–H groups in total. The molecule has 2 aliphatic rings. The Morgan fingerprint density at radius 1 is 1.24 bits per heavy atom. The highest BCUT2D eigenvalue weighted by Crippen LogP contribution is 2.31. The number of pyridine rings is 1. The highest BCUT2D eigenvalue weighted by molar-refractivity contribution is 6.05. The zero-order valence-corrected chi connectivity index (χ0v) is 14.5. The second kappa shape index (κ2) is 5.38. The quantitative estimate of drug-likeness (QED) is 0.859. The first-order valence-electron chi connectivity index (χ1n) is 8.26. The first kappa shape index (κ1) is 15.8. The number of rotatable bonds is 2. The minimum atomic E-state index is -0.418. The van der Waals surface area contributed by atoms with Crippen molar-refractivity contribution in [2.24, 2.45) is 7.05 Å². The number of anilines is 1. The van der Waals surface area contributed by atoms with E-state index in [0.29, 0.717) is 18.2 Å². The Morgan fingerprint density at radius 3 is 2.80 bits per heavy atom. The maximum absolute atomic E-state index is 12.1. The molecule has 1 fully saturated rings. The molecular formula is C17H20N6O2. The fraction of sp³-hybridized carbons (Fsp3) is 0.412. The van der Waals surface area contributed by atoms with Crippen LogP contribution in [-0.4, -0.2) is 33.0 Å². The lowest BCUT2D eigenvalue weighted by atomic mass is 10.0. The largest absolute Gasteiger partial charge is 0.329 e. The van der Waals surface area contributed by atoms with Crippen LogP contribution in [0.5, 0.6) is 0 Å². The molecule has 3 amide bonds. The molecule has 2 aliphatic heterocycles. The van der Waals surface area contributed by atoms with Crippen molar-refractivity contribution < 1.29 is 9.59 Å². The van der Waals surface area contributed by atoms with Gasteiger partial charge in [0.05, 0.1) is 17.4 Å². The molecule has 2 aromatic rings. The number of carbonyl (C=O) groups excluding carboxylic acids is 2. The van der Waals surface area contributed by atoms with Crippen LogP contribution in [0.25, 0.3) is 11.5 Å². The number of imidazole rings is 1. The normalized spacial score (nSPS) is 19.1. The van der Waals surface area contributed by atoms with Crippen LogP contribution in [0.2, 0.25) is 0 Å². The molecule has 0 atom stereocenters. The van der Waals surface area contributed by atoms with Crippen LogP contribution in [0.15, 0.2) is 18.3 Å². The van der Waals surface area contributed by atoms with Gasteiger partial charge >= 0.3 is 6.03 Å². The SMILES string of the molecule is Cn1c(N2CCC(=O)NC2=O)cnc1-c1ccc2c(n1)C(C)(C)NC2. The number of nitrogens with zero attached hydrogens (tertiary/aromatic N) is 4. The van der Waals surface area contributed by atoms with E-state index in [4.69, 9.17) is 4.98 Å². The number of fused-ring (bicyclic) bond motifs is 1.